The topological polar surface area (TPSA) is 58.4 Å². The molecule has 1 aliphatic heterocycles. The first kappa shape index (κ1) is 13.7. The van der Waals surface area contributed by atoms with E-state index in [0.717, 1.165) is 12.2 Å². The highest BCUT2D eigenvalue weighted by Gasteiger charge is 2.28. The quantitative estimate of drug-likeness (QED) is 0.820. The molecule has 1 amide bonds. The van der Waals surface area contributed by atoms with Gasteiger partial charge in [0.25, 0.3) is 5.91 Å². The minimum Gasteiger partial charge on any atom is -0.397 e. The van der Waals surface area contributed by atoms with Crippen LogP contribution in [0.3, 0.4) is 0 Å². The maximum absolute atomic E-state index is 11.6. The molecule has 0 spiro atoms. The van der Waals surface area contributed by atoms with Gasteiger partial charge in [-0.2, -0.15) is 0 Å². The second-order valence-electron chi connectivity index (χ2n) is 5.50. The van der Waals surface area contributed by atoms with E-state index in [1.165, 1.54) is 12.8 Å². The minimum absolute atomic E-state index is 0.0971. The Morgan fingerprint density at radius 2 is 2.21 bits per heavy atom. The van der Waals surface area contributed by atoms with Crippen LogP contribution in [0.1, 0.15) is 37.0 Å². The minimum atomic E-state index is -0.0971. The van der Waals surface area contributed by atoms with Gasteiger partial charge >= 0.3 is 0 Å². The summed E-state index contributed by atoms with van der Waals surface area (Å²) in [5, 5.41) is 2.62. The fourth-order valence-electron chi connectivity index (χ4n) is 2.89. The first-order valence-electron chi connectivity index (χ1n) is 6.93. The molecular formula is C15H23N3O. The molecule has 1 unspecified atom stereocenters. The third kappa shape index (κ3) is 2.67. The van der Waals surface area contributed by atoms with E-state index in [4.69, 9.17) is 5.73 Å². The van der Waals surface area contributed by atoms with Crippen molar-refractivity contribution in [2.24, 2.45) is 5.92 Å². The van der Waals surface area contributed by atoms with Crippen LogP contribution in [0, 0.1) is 5.92 Å². The van der Waals surface area contributed by atoms with Crippen molar-refractivity contribution >= 4 is 17.3 Å². The van der Waals surface area contributed by atoms with Crippen molar-refractivity contribution in [3.63, 3.8) is 0 Å². The zero-order valence-electron chi connectivity index (χ0n) is 11.9. The van der Waals surface area contributed by atoms with Crippen LogP contribution in [-0.2, 0) is 0 Å². The predicted molar refractivity (Wildman–Crippen MR) is 79.5 cm³/mol. The van der Waals surface area contributed by atoms with E-state index in [-0.39, 0.29) is 5.91 Å². The molecule has 0 bridgehead atoms. The van der Waals surface area contributed by atoms with E-state index in [0.29, 0.717) is 23.2 Å². The van der Waals surface area contributed by atoms with Gasteiger partial charge in [0.1, 0.15) is 0 Å². The van der Waals surface area contributed by atoms with Crippen LogP contribution in [-0.4, -0.2) is 25.5 Å². The molecule has 0 radical (unpaired) electrons. The Kier molecular flexibility index (Phi) is 3.98. The second kappa shape index (κ2) is 5.51. The fourth-order valence-corrected chi connectivity index (χ4v) is 2.89. The highest BCUT2D eigenvalue weighted by atomic mass is 16.1. The number of nitrogens with two attached hydrogens (primary N) is 1. The zero-order chi connectivity index (χ0) is 14.0. The molecule has 4 heteroatoms. The van der Waals surface area contributed by atoms with Crippen molar-refractivity contribution in [2.45, 2.75) is 32.7 Å². The summed E-state index contributed by atoms with van der Waals surface area (Å²) in [4.78, 5) is 14.0. The van der Waals surface area contributed by atoms with Crippen molar-refractivity contribution in [3.05, 3.63) is 23.8 Å². The predicted octanol–water partition coefficient (Wildman–Crippen LogP) is 2.25. The van der Waals surface area contributed by atoms with E-state index >= 15 is 0 Å². The zero-order valence-corrected chi connectivity index (χ0v) is 11.9. The number of carbonyl (C=O) groups is 1. The van der Waals surface area contributed by atoms with Gasteiger partial charge in [-0.05, 0) is 37.0 Å². The summed E-state index contributed by atoms with van der Waals surface area (Å²) in [5.74, 6) is 0.514. The van der Waals surface area contributed by atoms with Crippen molar-refractivity contribution < 1.29 is 4.79 Å². The SMILES string of the molecule is CNC(=O)c1ccc(N2CCCC2C(C)C)c(N)c1. The van der Waals surface area contributed by atoms with Gasteiger partial charge in [-0.15, -0.1) is 0 Å². The molecule has 4 nitrogen and oxygen atoms in total. The highest BCUT2D eigenvalue weighted by Crippen LogP contribution is 2.33. The first-order chi connectivity index (χ1) is 9.04. The lowest BCUT2D eigenvalue weighted by Gasteiger charge is -2.30. The molecule has 1 saturated heterocycles. The Balaban J connectivity index is 2.28. The summed E-state index contributed by atoms with van der Waals surface area (Å²) < 4.78 is 0. The number of rotatable bonds is 3. The van der Waals surface area contributed by atoms with Gasteiger partial charge in [0, 0.05) is 25.2 Å². The van der Waals surface area contributed by atoms with E-state index in [9.17, 15) is 4.79 Å². The molecule has 3 N–H and O–H groups in total. The molecule has 104 valence electrons. The largest absolute Gasteiger partial charge is 0.397 e. The Hall–Kier alpha value is -1.71. The Morgan fingerprint density at radius 3 is 2.79 bits per heavy atom. The van der Waals surface area contributed by atoms with Gasteiger partial charge in [-0.3, -0.25) is 4.79 Å². The summed E-state index contributed by atoms with van der Waals surface area (Å²) in [6, 6.07) is 6.14. The van der Waals surface area contributed by atoms with Crippen LogP contribution in [0.15, 0.2) is 18.2 Å². The van der Waals surface area contributed by atoms with Crippen molar-refractivity contribution in [1.29, 1.82) is 0 Å². The Labute approximate surface area is 115 Å². The molecule has 1 heterocycles. The Bertz CT molecular complexity index is 470. The summed E-state index contributed by atoms with van der Waals surface area (Å²) in [6.07, 6.45) is 2.42. The van der Waals surface area contributed by atoms with E-state index in [1.54, 1.807) is 13.1 Å². The molecule has 1 aromatic carbocycles. The maximum Gasteiger partial charge on any atom is 0.251 e. The van der Waals surface area contributed by atoms with E-state index in [1.807, 2.05) is 12.1 Å². The molecule has 1 aromatic rings. The number of anilines is 2. The van der Waals surface area contributed by atoms with Crippen LogP contribution < -0.4 is 16.0 Å². The van der Waals surface area contributed by atoms with Crippen LogP contribution >= 0.6 is 0 Å². The Morgan fingerprint density at radius 1 is 1.47 bits per heavy atom. The van der Waals surface area contributed by atoms with Gasteiger partial charge in [0.15, 0.2) is 0 Å². The van der Waals surface area contributed by atoms with Gasteiger partial charge < -0.3 is 16.0 Å². The van der Waals surface area contributed by atoms with Crippen LogP contribution in [0.5, 0.6) is 0 Å². The van der Waals surface area contributed by atoms with Crippen LogP contribution in [0.4, 0.5) is 11.4 Å². The fraction of sp³-hybridized carbons (Fsp3) is 0.533. The normalized spacial score (nSPS) is 18.9. The van der Waals surface area contributed by atoms with Gasteiger partial charge in [0.05, 0.1) is 11.4 Å². The number of nitrogens with zero attached hydrogens (tertiary/aromatic N) is 1. The molecule has 0 saturated carbocycles. The molecular weight excluding hydrogens is 238 g/mol. The van der Waals surface area contributed by atoms with Gasteiger partial charge in [-0.25, -0.2) is 0 Å². The number of nitrogen functional groups attached to an aromatic ring is 1. The third-order valence-electron chi connectivity index (χ3n) is 3.89. The maximum atomic E-state index is 11.6. The molecule has 1 atom stereocenters. The summed E-state index contributed by atoms with van der Waals surface area (Å²) in [5.41, 5.74) is 8.50. The van der Waals surface area contributed by atoms with E-state index in [2.05, 4.69) is 24.1 Å². The summed E-state index contributed by atoms with van der Waals surface area (Å²) in [6.45, 7) is 5.54. The molecule has 19 heavy (non-hydrogen) atoms. The smallest absolute Gasteiger partial charge is 0.251 e. The number of nitrogens with one attached hydrogen (secondary N) is 1. The number of carbonyl (C=O) groups excluding carboxylic acids is 1. The molecule has 1 fully saturated rings. The summed E-state index contributed by atoms with van der Waals surface area (Å²) in [7, 11) is 1.63. The lowest BCUT2D eigenvalue weighted by molar-refractivity contribution is 0.0963. The third-order valence-corrected chi connectivity index (χ3v) is 3.89. The summed E-state index contributed by atoms with van der Waals surface area (Å²) >= 11 is 0. The number of hydrogen-bond acceptors (Lipinski definition) is 3. The second-order valence-corrected chi connectivity index (χ2v) is 5.50. The van der Waals surface area contributed by atoms with Gasteiger partial charge in [0.2, 0.25) is 0 Å². The first-order valence-corrected chi connectivity index (χ1v) is 6.93. The van der Waals surface area contributed by atoms with Crippen molar-refractivity contribution in [1.82, 2.24) is 5.32 Å². The number of hydrogen-bond donors (Lipinski definition) is 2. The lowest BCUT2D eigenvalue weighted by atomic mass is 10.0. The average molecular weight is 261 g/mol. The average Bonchev–Trinajstić information content (AvgIpc) is 2.86. The van der Waals surface area contributed by atoms with E-state index < -0.39 is 0 Å². The van der Waals surface area contributed by atoms with Crippen molar-refractivity contribution in [2.75, 3.05) is 24.2 Å². The molecule has 0 aliphatic carbocycles. The van der Waals surface area contributed by atoms with Gasteiger partial charge in [-0.1, -0.05) is 13.8 Å². The van der Waals surface area contributed by atoms with Crippen molar-refractivity contribution in [3.8, 4) is 0 Å². The molecule has 1 aliphatic rings. The monoisotopic (exact) mass is 261 g/mol. The standard InChI is InChI=1S/C15H23N3O/c1-10(2)13-5-4-8-18(13)14-7-6-11(9-12(14)16)15(19)17-3/h6-7,9-10,13H,4-5,8,16H2,1-3H3,(H,17,19). The number of benzene rings is 1. The lowest BCUT2D eigenvalue weighted by Crippen LogP contribution is -2.33. The van der Waals surface area contributed by atoms with Crippen LogP contribution in [0.2, 0.25) is 0 Å². The highest BCUT2D eigenvalue weighted by molar-refractivity contribution is 5.96. The number of amides is 1. The molecule has 2 rings (SSSR count). The molecule has 0 aromatic heterocycles. The van der Waals surface area contributed by atoms with Crippen LogP contribution in [0.25, 0.3) is 0 Å².